The Morgan fingerprint density at radius 3 is 2.58 bits per heavy atom. The first-order valence-corrected chi connectivity index (χ1v) is 9.64. The molecule has 4 rings (SSSR count). The lowest BCUT2D eigenvalue weighted by Gasteiger charge is -2.15. The van der Waals surface area contributed by atoms with Crippen LogP contribution in [0.5, 0.6) is 0 Å². The summed E-state index contributed by atoms with van der Waals surface area (Å²) >= 11 is 1.85. The molecule has 0 bridgehead atoms. The van der Waals surface area contributed by atoms with Crippen LogP contribution < -0.4 is 0 Å². The van der Waals surface area contributed by atoms with E-state index < -0.39 is 0 Å². The highest BCUT2D eigenvalue weighted by atomic mass is 32.2. The molecule has 3 aromatic rings. The minimum Gasteiger partial charge on any atom is -0.245 e. The van der Waals surface area contributed by atoms with Gasteiger partial charge in [0.25, 0.3) is 0 Å². The second kappa shape index (κ2) is 7.34. The number of aryl methyl sites for hydroxylation is 1. The van der Waals surface area contributed by atoms with Crippen molar-refractivity contribution in [3.05, 3.63) is 89.0 Å². The van der Waals surface area contributed by atoms with E-state index in [1.165, 1.54) is 20.9 Å². The molecule has 1 aliphatic carbocycles. The Kier molecular flexibility index (Phi) is 4.76. The van der Waals surface area contributed by atoms with Crippen LogP contribution in [0.3, 0.4) is 0 Å². The lowest BCUT2D eigenvalue weighted by Crippen LogP contribution is -2.08. The molecule has 1 atom stereocenters. The van der Waals surface area contributed by atoms with E-state index in [-0.39, 0.29) is 6.04 Å². The van der Waals surface area contributed by atoms with E-state index >= 15 is 0 Å². The summed E-state index contributed by atoms with van der Waals surface area (Å²) < 4.78 is 1.96. The van der Waals surface area contributed by atoms with E-state index in [4.69, 9.17) is 0 Å². The molecule has 2 aromatic carbocycles. The number of aromatic nitrogens is 3. The molecule has 0 fully saturated rings. The zero-order chi connectivity index (χ0) is 17.9. The molecule has 0 amide bonds. The molecular formula is C22H21N3S. The van der Waals surface area contributed by atoms with Crippen LogP contribution in [0.15, 0.2) is 88.3 Å². The van der Waals surface area contributed by atoms with Gasteiger partial charge < -0.3 is 0 Å². The fourth-order valence-corrected chi connectivity index (χ4v) is 4.17. The third kappa shape index (κ3) is 3.51. The molecule has 0 radical (unpaired) electrons. The summed E-state index contributed by atoms with van der Waals surface area (Å²) in [6, 6.07) is 19.1. The molecule has 0 saturated heterocycles. The van der Waals surface area contributed by atoms with Gasteiger partial charge in [0.2, 0.25) is 0 Å². The van der Waals surface area contributed by atoms with Crippen molar-refractivity contribution in [2.75, 3.05) is 0 Å². The molecule has 1 aliphatic rings. The van der Waals surface area contributed by atoms with Crippen LogP contribution in [0.4, 0.5) is 0 Å². The van der Waals surface area contributed by atoms with E-state index in [9.17, 15) is 0 Å². The first-order chi connectivity index (χ1) is 12.7. The van der Waals surface area contributed by atoms with Crippen LogP contribution in [0.1, 0.15) is 24.9 Å². The highest BCUT2D eigenvalue weighted by Crippen LogP contribution is 2.39. The molecule has 1 heterocycles. The van der Waals surface area contributed by atoms with E-state index in [0.29, 0.717) is 0 Å². The van der Waals surface area contributed by atoms with Gasteiger partial charge >= 0.3 is 0 Å². The number of hydrogen-bond acceptors (Lipinski definition) is 3. The predicted octanol–water partition coefficient (Wildman–Crippen LogP) is 5.82. The smallest absolute Gasteiger partial charge is 0.113 e. The number of nitrogens with zero attached hydrogens (tertiary/aromatic N) is 3. The normalized spacial score (nSPS) is 14.8. The summed E-state index contributed by atoms with van der Waals surface area (Å²) in [6.45, 7) is 4.30. The number of hydrogen-bond donors (Lipinski definition) is 0. The maximum Gasteiger partial charge on any atom is 0.113 e. The van der Waals surface area contributed by atoms with E-state index in [0.717, 1.165) is 17.7 Å². The van der Waals surface area contributed by atoms with Crippen molar-refractivity contribution >= 4 is 11.8 Å². The maximum atomic E-state index is 4.38. The van der Waals surface area contributed by atoms with Crippen molar-refractivity contribution in [1.29, 1.82) is 0 Å². The quantitative estimate of drug-likeness (QED) is 0.575. The van der Waals surface area contributed by atoms with Crippen molar-refractivity contribution in [2.24, 2.45) is 0 Å². The van der Waals surface area contributed by atoms with Crippen LogP contribution in [-0.4, -0.2) is 15.0 Å². The van der Waals surface area contributed by atoms with Crippen molar-refractivity contribution in [2.45, 2.75) is 31.2 Å². The number of allylic oxidation sites excluding steroid dienone is 4. The van der Waals surface area contributed by atoms with Crippen LogP contribution >= 0.6 is 11.8 Å². The lowest BCUT2D eigenvalue weighted by atomic mass is 10.1. The summed E-state index contributed by atoms with van der Waals surface area (Å²) in [5.41, 5.74) is 4.61. The highest BCUT2D eigenvalue weighted by Gasteiger charge is 2.19. The maximum absolute atomic E-state index is 4.38. The SMILES string of the molecule is Cc1ccc(SC2=C([C@H](C)n3cc(-c4ccccc4)nn3)C=CC2)cc1. The number of rotatable bonds is 5. The highest BCUT2D eigenvalue weighted by molar-refractivity contribution is 8.03. The standard InChI is InChI=1S/C22H21N3S/c1-16-11-13-19(14-12-16)26-22-10-6-9-20(22)17(2)25-15-21(23-24-25)18-7-4-3-5-8-18/h3-9,11-15,17H,10H2,1-2H3/t17-/m0/s1. The number of thioether (sulfide) groups is 1. The first-order valence-electron chi connectivity index (χ1n) is 8.82. The zero-order valence-electron chi connectivity index (χ0n) is 15.0. The minimum atomic E-state index is 0.159. The Balaban J connectivity index is 1.58. The average Bonchev–Trinajstić information content (AvgIpc) is 3.34. The Morgan fingerprint density at radius 2 is 1.81 bits per heavy atom. The van der Waals surface area contributed by atoms with Crippen molar-refractivity contribution in [3.63, 3.8) is 0 Å². The predicted molar refractivity (Wildman–Crippen MR) is 108 cm³/mol. The fraction of sp³-hybridized carbons (Fsp3) is 0.182. The second-order valence-electron chi connectivity index (χ2n) is 6.53. The van der Waals surface area contributed by atoms with Gasteiger partial charge in [-0.3, -0.25) is 0 Å². The van der Waals surface area contributed by atoms with Crippen molar-refractivity contribution < 1.29 is 0 Å². The fourth-order valence-electron chi connectivity index (χ4n) is 3.07. The monoisotopic (exact) mass is 359 g/mol. The van der Waals surface area contributed by atoms with E-state index in [1.807, 2.05) is 40.8 Å². The second-order valence-corrected chi connectivity index (χ2v) is 7.69. The third-order valence-electron chi connectivity index (χ3n) is 4.61. The van der Waals surface area contributed by atoms with Gasteiger partial charge in [0.1, 0.15) is 5.69 Å². The van der Waals surface area contributed by atoms with Gasteiger partial charge in [0.05, 0.1) is 12.2 Å². The zero-order valence-corrected chi connectivity index (χ0v) is 15.8. The van der Waals surface area contributed by atoms with Crippen molar-refractivity contribution in [3.8, 4) is 11.3 Å². The van der Waals surface area contributed by atoms with Crippen LogP contribution in [0, 0.1) is 6.92 Å². The summed E-state index contributed by atoms with van der Waals surface area (Å²) in [5.74, 6) is 0. The van der Waals surface area contributed by atoms with Crippen molar-refractivity contribution in [1.82, 2.24) is 15.0 Å². The van der Waals surface area contributed by atoms with Crippen LogP contribution in [0.2, 0.25) is 0 Å². The third-order valence-corrected chi connectivity index (χ3v) is 5.77. The Morgan fingerprint density at radius 1 is 1.04 bits per heavy atom. The minimum absolute atomic E-state index is 0.159. The molecule has 26 heavy (non-hydrogen) atoms. The molecular weight excluding hydrogens is 338 g/mol. The summed E-state index contributed by atoms with van der Waals surface area (Å²) in [6.07, 6.45) is 7.48. The Bertz CT molecular complexity index is 953. The summed E-state index contributed by atoms with van der Waals surface area (Å²) in [5, 5.41) is 8.74. The summed E-state index contributed by atoms with van der Waals surface area (Å²) in [7, 11) is 0. The average molecular weight is 359 g/mol. The van der Waals surface area contributed by atoms with Gasteiger partial charge in [-0.1, -0.05) is 77.2 Å². The molecule has 0 unspecified atom stereocenters. The Hall–Kier alpha value is -2.59. The molecule has 0 aliphatic heterocycles. The van der Waals surface area contributed by atoms with Gasteiger partial charge in [0.15, 0.2) is 0 Å². The molecule has 0 N–H and O–H groups in total. The van der Waals surface area contributed by atoms with Gasteiger partial charge in [-0.2, -0.15) is 0 Å². The molecule has 1 aromatic heterocycles. The van der Waals surface area contributed by atoms with Crippen LogP contribution in [-0.2, 0) is 0 Å². The molecule has 4 heteroatoms. The summed E-state index contributed by atoms with van der Waals surface area (Å²) in [4.78, 5) is 2.67. The lowest BCUT2D eigenvalue weighted by molar-refractivity contribution is 0.542. The first kappa shape index (κ1) is 16.9. The topological polar surface area (TPSA) is 30.7 Å². The van der Waals surface area contributed by atoms with Gasteiger partial charge in [0, 0.05) is 10.5 Å². The number of benzene rings is 2. The largest absolute Gasteiger partial charge is 0.245 e. The molecule has 0 saturated carbocycles. The Labute approximate surface area is 158 Å². The van der Waals surface area contributed by atoms with E-state index in [2.05, 4.69) is 72.7 Å². The molecule has 130 valence electrons. The van der Waals surface area contributed by atoms with Gasteiger partial charge in [-0.05, 0) is 42.9 Å². The van der Waals surface area contributed by atoms with E-state index in [1.54, 1.807) is 0 Å². The molecule has 3 nitrogen and oxygen atoms in total. The van der Waals surface area contributed by atoms with Gasteiger partial charge in [-0.15, -0.1) is 5.10 Å². The van der Waals surface area contributed by atoms with Crippen LogP contribution in [0.25, 0.3) is 11.3 Å². The van der Waals surface area contributed by atoms with Gasteiger partial charge in [-0.25, -0.2) is 4.68 Å². The molecule has 0 spiro atoms.